The van der Waals surface area contributed by atoms with Crippen LogP contribution >= 0.6 is 11.8 Å². The quantitative estimate of drug-likeness (QED) is 0.838. The Morgan fingerprint density at radius 3 is 2.81 bits per heavy atom. The van der Waals surface area contributed by atoms with Gasteiger partial charge in [-0.25, -0.2) is 4.98 Å². The van der Waals surface area contributed by atoms with Crippen molar-refractivity contribution in [2.45, 2.75) is 19.6 Å². The van der Waals surface area contributed by atoms with Crippen molar-refractivity contribution in [3.05, 3.63) is 40.4 Å². The summed E-state index contributed by atoms with van der Waals surface area (Å²) in [6, 6.07) is 3.31. The first-order chi connectivity index (χ1) is 10.3. The molecule has 4 rings (SSSR count). The van der Waals surface area contributed by atoms with Gasteiger partial charge in [0.15, 0.2) is 11.3 Å². The second-order valence-corrected chi connectivity index (χ2v) is 6.80. The minimum absolute atomic E-state index is 0.0484. The number of pyridine rings is 1. The summed E-state index contributed by atoms with van der Waals surface area (Å²) in [6.45, 7) is 5.02. The van der Waals surface area contributed by atoms with Crippen molar-refractivity contribution in [3.63, 3.8) is 0 Å². The van der Waals surface area contributed by atoms with Gasteiger partial charge in [-0.2, -0.15) is 11.8 Å². The van der Waals surface area contributed by atoms with E-state index in [1.54, 1.807) is 12.1 Å². The van der Waals surface area contributed by atoms with Gasteiger partial charge >= 0.3 is 0 Å². The number of aryl methyl sites for hydroxylation is 2. The molecule has 0 radical (unpaired) electrons. The fourth-order valence-corrected chi connectivity index (χ4v) is 4.00. The molecule has 2 aliphatic heterocycles. The number of nitrogens with zero attached hydrogens (tertiary/aromatic N) is 4. The van der Waals surface area contributed by atoms with Crippen LogP contribution in [0.1, 0.15) is 5.69 Å². The van der Waals surface area contributed by atoms with Crippen molar-refractivity contribution >= 4 is 11.8 Å². The van der Waals surface area contributed by atoms with E-state index in [0.717, 1.165) is 49.9 Å². The molecule has 1 saturated heterocycles. The van der Waals surface area contributed by atoms with Gasteiger partial charge in [-0.05, 0) is 0 Å². The van der Waals surface area contributed by atoms with E-state index < -0.39 is 0 Å². The van der Waals surface area contributed by atoms with Crippen LogP contribution in [0.4, 0.5) is 0 Å². The average molecular weight is 302 g/mol. The van der Waals surface area contributed by atoms with E-state index in [0.29, 0.717) is 0 Å². The van der Waals surface area contributed by atoms with E-state index in [-0.39, 0.29) is 5.43 Å². The molecule has 2 aliphatic rings. The summed E-state index contributed by atoms with van der Waals surface area (Å²) in [7, 11) is 0. The van der Waals surface area contributed by atoms with Crippen LogP contribution in [0, 0.1) is 0 Å². The second kappa shape index (κ2) is 5.35. The van der Waals surface area contributed by atoms with Crippen LogP contribution in [-0.4, -0.2) is 43.6 Å². The monoisotopic (exact) mass is 302 g/mol. The van der Waals surface area contributed by atoms with Gasteiger partial charge < -0.3 is 9.13 Å². The lowest BCUT2D eigenvalue weighted by atomic mass is 10.2. The highest BCUT2D eigenvalue weighted by atomic mass is 32.2. The highest BCUT2D eigenvalue weighted by molar-refractivity contribution is 7.99. The fraction of sp³-hybridized carbons (Fsp3) is 0.467. The SMILES string of the molecule is O=c1ccn2c(c1)-c1nc(CN3CCSCC3)cn1CC2. The highest BCUT2D eigenvalue weighted by Crippen LogP contribution is 2.23. The molecule has 0 bridgehead atoms. The molecule has 0 saturated carbocycles. The summed E-state index contributed by atoms with van der Waals surface area (Å²) in [6.07, 6.45) is 4.02. The Morgan fingerprint density at radius 1 is 1.14 bits per heavy atom. The molecule has 6 heteroatoms. The van der Waals surface area contributed by atoms with E-state index in [1.807, 2.05) is 18.0 Å². The summed E-state index contributed by atoms with van der Waals surface area (Å²) in [4.78, 5) is 18.9. The number of hydrogen-bond donors (Lipinski definition) is 0. The van der Waals surface area contributed by atoms with Crippen LogP contribution in [0.5, 0.6) is 0 Å². The van der Waals surface area contributed by atoms with Crippen LogP contribution in [0.15, 0.2) is 29.3 Å². The van der Waals surface area contributed by atoms with Gasteiger partial charge in [0.1, 0.15) is 0 Å². The first kappa shape index (κ1) is 13.2. The van der Waals surface area contributed by atoms with Gasteiger partial charge in [0.05, 0.1) is 11.4 Å². The minimum atomic E-state index is 0.0484. The number of aromatic nitrogens is 3. The summed E-state index contributed by atoms with van der Waals surface area (Å²) in [5.74, 6) is 3.36. The highest BCUT2D eigenvalue weighted by Gasteiger charge is 2.19. The molecule has 0 unspecified atom stereocenters. The van der Waals surface area contributed by atoms with Gasteiger partial charge in [-0.3, -0.25) is 9.69 Å². The topological polar surface area (TPSA) is 43.1 Å². The van der Waals surface area contributed by atoms with Crippen molar-refractivity contribution in [1.82, 2.24) is 19.0 Å². The standard InChI is InChI=1S/C15H18N4OS/c20-13-1-2-18-3-4-19-11-12(16-15(19)14(18)9-13)10-17-5-7-21-8-6-17/h1-2,9,11H,3-8,10H2. The van der Waals surface area contributed by atoms with Gasteiger partial charge in [-0.15, -0.1) is 0 Å². The Bertz CT molecular complexity index is 715. The second-order valence-electron chi connectivity index (χ2n) is 5.58. The third kappa shape index (κ3) is 2.53. The Hall–Kier alpha value is -1.53. The number of thioether (sulfide) groups is 1. The lowest BCUT2D eigenvalue weighted by Gasteiger charge is -2.25. The Labute approximate surface area is 127 Å². The average Bonchev–Trinajstić information content (AvgIpc) is 2.91. The molecule has 110 valence electrons. The summed E-state index contributed by atoms with van der Waals surface area (Å²) >= 11 is 2.02. The third-order valence-corrected chi connectivity index (χ3v) is 5.08. The van der Waals surface area contributed by atoms with Crippen molar-refractivity contribution in [2.24, 2.45) is 0 Å². The number of hydrogen-bond acceptors (Lipinski definition) is 4. The molecule has 2 aromatic heterocycles. The van der Waals surface area contributed by atoms with E-state index in [1.165, 1.54) is 11.5 Å². The molecule has 0 aromatic carbocycles. The molecule has 0 amide bonds. The molecule has 0 spiro atoms. The predicted octanol–water partition coefficient (Wildman–Crippen LogP) is 1.27. The lowest BCUT2D eigenvalue weighted by Crippen LogP contribution is -2.32. The molecule has 0 aliphatic carbocycles. The summed E-state index contributed by atoms with van der Waals surface area (Å²) in [5.41, 5.74) is 2.10. The van der Waals surface area contributed by atoms with Crippen LogP contribution in [-0.2, 0) is 19.6 Å². The molecule has 21 heavy (non-hydrogen) atoms. The fourth-order valence-electron chi connectivity index (χ4n) is 3.02. The van der Waals surface area contributed by atoms with Crippen LogP contribution < -0.4 is 5.43 Å². The largest absolute Gasteiger partial charge is 0.343 e. The maximum atomic E-state index is 11.6. The zero-order valence-electron chi connectivity index (χ0n) is 11.9. The lowest BCUT2D eigenvalue weighted by molar-refractivity contribution is 0.291. The van der Waals surface area contributed by atoms with Gasteiger partial charge in [0.2, 0.25) is 0 Å². The van der Waals surface area contributed by atoms with E-state index in [4.69, 9.17) is 4.98 Å². The normalized spacial score (nSPS) is 18.3. The van der Waals surface area contributed by atoms with Crippen molar-refractivity contribution in [1.29, 1.82) is 0 Å². The molecule has 1 fully saturated rings. The third-order valence-electron chi connectivity index (χ3n) is 4.13. The van der Waals surface area contributed by atoms with Crippen LogP contribution in [0.2, 0.25) is 0 Å². The zero-order valence-corrected chi connectivity index (χ0v) is 12.7. The Balaban J connectivity index is 1.64. The van der Waals surface area contributed by atoms with Crippen LogP contribution in [0.25, 0.3) is 11.5 Å². The molecule has 0 atom stereocenters. The minimum Gasteiger partial charge on any atom is -0.343 e. The number of rotatable bonds is 2. The molecule has 0 N–H and O–H groups in total. The van der Waals surface area contributed by atoms with Gasteiger partial charge in [0.25, 0.3) is 0 Å². The molecule has 4 heterocycles. The van der Waals surface area contributed by atoms with Crippen molar-refractivity contribution < 1.29 is 0 Å². The van der Waals surface area contributed by atoms with Crippen molar-refractivity contribution in [3.8, 4) is 11.5 Å². The first-order valence-electron chi connectivity index (χ1n) is 7.37. The maximum Gasteiger partial charge on any atom is 0.182 e. The first-order valence-corrected chi connectivity index (χ1v) is 8.52. The summed E-state index contributed by atoms with van der Waals surface area (Å²) < 4.78 is 4.30. The van der Waals surface area contributed by atoms with Crippen LogP contribution in [0.3, 0.4) is 0 Å². The summed E-state index contributed by atoms with van der Waals surface area (Å²) in [5, 5.41) is 0. The molecular formula is C15H18N4OS. The Morgan fingerprint density at radius 2 is 1.95 bits per heavy atom. The smallest absolute Gasteiger partial charge is 0.182 e. The van der Waals surface area contributed by atoms with Gasteiger partial charge in [-0.1, -0.05) is 0 Å². The Kier molecular flexibility index (Phi) is 3.35. The molecule has 5 nitrogen and oxygen atoms in total. The van der Waals surface area contributed by atoms with E-state index >= 15 is 0 Å². The maximum absolute atomic E-state index is 11.6. The number of imidazole rings is 1. The van der Waals surface area contributed by atoms with Gasteiger partial charge in [0, 0.05) is 68.8 Å². The molecule has 2 aromatic rings. The molecular weight excluding hydrogens is 284 g/mol. The zero-order chi connectivity index (χ0) is 14.2. The number of fused-ring (bicyclic) bond motifs is 3. The predicted molar refractivity (Wildman–Crippen MR) is 84.5 cm³/mol. The van der Waals surface area contributed by atoms with E-state index in [9.17, 15) is 4.79 Å². The van der Waals surface area contributed by atoms with E-state index in [2.05, 4.69) is 20.2 Å². The van der Waals surface area contributed by atoms with Crippen molar-refractivity contribution in [2.75, 3.05) is 24.6 Å².